The topological polar surface area (TPSA) is 172 Å². The molecular formula is C41H70NO10P. The summed E-state index contributed by atoms with van der Waals surface area (Å²) in [5, 5.41) is 8.86. The van der Waals surface area contributed by atoms with Crippen LogP contribution in [0.2, 0.25) is 0 Å². The van der Waals surface area contributed by atoms with Gasteiger partial charge in [-0.2, -0.15) is 0 Å². The van der Waals surface area contributed by atoms with Crippen LogP contribution in [0.15, 0.2) is 60.8 Å². The van der Waals surface area contributed by atoms with Gasteiger partial charge < -0.3 is 25.2 Å². The summed E-state index contributed by atoms with van der Waals surface area (Å²) in [5.74, 6) is -2.46. The molecule has 0 aliphatic carbocycles. The SMILES string of the molecule is CC/C=C\C/C=C\C/C=C\C/C=C\C/C=C\CCCC(=O)OC(COC(=O)CCCCCCCCCCCCCC)COP(=O)(O)OCC(N)C(=O)O. The number of carboxylic acid groups (broad SMARTS) is 1. The first-order valence-corrected chi connectivity index (χ1v) is 21.3. The third-order valence-electron chi connectivity index (χ3n) is 8.03. The van der Waals surface area contributed by atoms with Crippen molar-refractivity contribution in [2.24, 2.45) is 5.73 Å². The van der Waals surface area contributed by atoms with Gasteiger partial charge in [-0.1, -0.05) is 145 Å². The van der Waals surface area contributed by atoms with Gasteiger partial charge in [0.25, 0.3) is 0 Å². The van der Waals surface area contributed by atoms with E-state index in [0.717, 1.165) is 51.4 Å². The first kappa shape index (κ1) is 50.2. The highest BCUT2D eigenvalue weighted by Gasteiger charge is 2.28. The van der Waals surface area contributed by atoms with Crippen molar-refractivity contribution in [2.75, 3.05) is 19.8 Å². The van der Waals surface area contributed by atoms with Gasteiger partial charge in [-0.15, -0.1) is 0 Å². The summed E-state index contributed by atoms with van der Waals surface area (Å²) in [5.41, 5.74) is 5.31. The van der Waals surface area contributed by atoms with Crippen LogP contribution in [-0.4, -0.2) is 59.9 Å². The number of rotatable bonds is 36. The maximum absolute atomic E-state index is 12.6. The summed E-state index contributed by atoms with van der Waals surface area (Å²) in [6.07, 6.45) is 40.1. The quantitative estimate of drug-likeness (QED) is 0.0240. The molecule has 0 rings (SSSR count). The van der Waals surface area contributed by atoms with Crippen molar-refractivity contribution in [1.82, 2.24) is 0 Å². The maximum atomic E-state index is 12.6. The van der Waals surface area contributed by atoms with Crippen LogP contribution in [-0.2, 0) is 37.5 Å². The Labute approximate surface area is 319 Å². The zero-order chi connectivity index (χ0) is 39.3. The van der Waals surface area contributed by atoms with Crippen molar-refractivity contribution in [2.45, 2.75) is 161 Å². The van der Waals surface area contributed by atoms with Crippen molar-refractivity contribution < 1.29 is 47.5 Å². The number of carboxylic acids is 1. The van der Waals surface area contributed by atoms with Crippen LogP contribution < -0.4 is 5.73 Å². The van der Waals surface area contributed by atoms with E-state index in [9.17, 15) is 23.8 Å². The predicted molar refractivity (Wildman–Crippen MR) is 212 cm³/mol. The molecule has 0 aromatic heterocycles. The Morgan fingerprint density at radius 1 is 0.604 bits per heavy atom. The molecule has 11 nitrogen and oxygen atoms in total. The number of phosphoric ester groups is 1. The lowest BCUT2D eigenvalue weighted by atomic mass is 10.0. The lowest BCUT2D eigenvalue weighted by Gasteiger charge is -2.20. The van der Waals surface area contributed by atoms with Crippen LogP contribution in [0.5, 0.6) is 0 Å². The number of unbranched alkanes of at least 4 members (excludes halogenated alkanes) is 12. The normalized spacial score (nSPS) is 14.5. The van der Waals surface area contributed by atoms with E-state index in [1.807, 2.05) is 12.2 Å². The Balaban J connectivity index is 4.54. The second-order valence-electron chi connectivity index (χ2n) is 13.0. The first-order chi connectivity index (χ1) is 25.6. The van der Waals surface area contributed by atoms with Crippen molar-refractivity contribution in [3.63, 3.8) is 0 Å². The van der Waals surface area contributed by atoms with Gasteiger partial charge in [0.1, 0.15) is 12.6 Å². The van der Waals surface area contributed by atoms with E-state index in [0.29, 0.717) is 19.3 Å². The molecule has 0 heterocycles. The van der Waals surface area contributed by atoms with Crippen molar-refractivity contribution in [1.29, 1.82) is 0 Å². The number of nitrogens with two attached hydrogens (primary N) is 1. The molecule has 304 valence electrons. The standard InChI is InChI=1S/C41H70NO10P/c1-3-5-7-9-11-13-15-17-18-19-20-21-23-25-27-29-31-33-40(44)52-37(35-50-53(47,48)51-36-38(42)41(45)46)34-49-39(43)32-30-28-26-24-22-16-14-12-10-8-6-4-2/h5,7,11,13,17-18,20-21,25,27,37-38H,3-4,6,8-10,12,14-16,19,22-24,26,28-36,42H2,1-2H3,(H,45,46)(H,47,48)/b7-5-,13-11-,18-17-,21-20-,27-25-. The summed E-state index contributed by atoms with van der Waals surface area (Å²) in [6, 6.07) is -1.53. The summed E-state index contributed by atoms with van der Waals surface area (Å²) in [7, 11) is -4.73. The molecule has 0 fully saturated rings. The van der Waals surface area contributed by atoms with Crippen molar-refractivity contribution in [3.05, 3.63) is 60.8 Å². The number of ether oxygens (including phenoxy) is 2. The fraction of sp³-hybridized carbons (Fsp3) is 0.683. The molecule has 0 aliphatic heterocycles. The Hall–Kier alpha value is -2.82. The fourth-order valence-electron chi connectivity index (χ4n) is 4.92. The minimum absolute atomic E-state index is 0.0817. The second-order valence-corrected chi connectivity index (χ2v) is 14.5. The number of hydrogen-bond donors (Lipinski definition) is 3. The highest BCUT2D eigenvalue weighted by atomic mass is 31.2. The molecule has 0 spiro atoms. The molecule has 53 heavy (non-hydrogen) atoms. The van der Waals surface area contributed by atoms with Gasteiger partial charge in [-0.25, -0.2) is 4.57 Å². The van der Waals surface area contributed by atoms with E-state index < -0.39 is 51.1 Å². The van der Waals surface area contributed by atoms with E-state index in [1.165, 1.54) is 51.4 Å². The number of esters is 2. The lowest BCUT2D eigenvalue weighted by Crippen LogP contribution is -2.34. The molecule has 3 atom stereocenters. The van der Waals surface area contributed by atoms with Crippen molar-refractivity contribution in [3.8, 4) is 0 Å². The Morgan fingerprint density at radius 2 is 1.06 bits per heavy atom. The Bertz CT molecular complexity index is 1130. The number of phosphoric acid groups is 1. The average Bonchev–Trinajstić information content (AvgIpc) is 3.13. The molecule has 0 saturated carbocycles. The Kier molecular flexibility index (Phi) is 34.2. The molecule has 4 N–H and O–H groups in total. The minimum atomic E-state index is -4.73. The summed E-state index contributed by atoms with van der Waals surface area (Å²) in [4.78, 5) is 45.8. The molecule has 0 aromatic carbocycles. The predicted octanol–water partition coefficient (Wildman–Crippen LogP) is 10.00. The number of allylic oxidation sites excluding steroid dienone is 10. The molecule has 0 bridgehead atoms. The molecule has 0 aromatic rings. The van der Waals surface area contributed by atoms with Crippen LogP contribution in [0.25, 0.3) is 0 Å². The molecule has 0 saturated heterocycles. The third-order valence-corrected chi connectivity index (χ3v) is 8.98. The van der Waals surface area contributed by atoms with Crippen LogP contribution in [0.1, 0.15) is 149 Å². The smallest absolute Gasteiger partial charge is 0.472 e. The van der Waals surface area contributed by atoms with Crippen LogP contribution in [0.4, 0.5) is 0 Å². The average molecular weight is 768 g/mol. The van der Waals surface area contributed by atoms with Gasteiger partial charge in [-0.05, 0) is 51.4 Å². The zero-order valence-corrected chi connectivity index (χ0v) is 33.5. The van der Waals surface area contributed by atoms with Crippen molar-refractivity contribution >= 4 is 25.7 Å². The fourth-order valence-corrected chi connectivity index (χ4v) is 5.70. The first-order valence-electron chi connectivity index (χ1n) is 19.8. The van der Waals surface area contributed by atoms with Crippen LogP contribution in [0, 0.1) is 0 Å². The number of aliphatic carboxylic acids is 1. The van der Waals surface area contributed by atoms with E-state index in [4.69, 9.17) is 24.8 Å². The largest absolute Gasteiger partial charge is 0.480 e. The summed E-state index contributed by atoms with van der Waals surface area (Å²) < 4.78 is 32.5. The second kappa shape index (κ2) is 36.2. The summed E-state index contributed by atoms with van der Waals surface area (Å²) >= 11 is 0. The monoisotopic (exact) mass is 767 g/mol. The number of carbonyl (C=O) groups is 3. The maximum Gasteiger partial charge on any atom is 0.472 e. The minimum Gasteiger partial charge on any atom is -0.480 e. The number of carbonyl (C=O) groups excluding carboxylic acids is 2. The molecule has 3 unspecified atom stereocenters. The zero-order valence-electron chi connectivity index (χ0n) is 32.6. The van der Waals surface area contributed by atoms with Gasteiger partial charge in [0.05, 0.1) is 13.2 Å². The molecule has 0 radical (unpaired) electrons. The molecule has 12 heteroatoms. The van der Waals surface area contributed by atoms with Gasteiger partial charge in [-0.3, -0.25) is 23.4 Å². The van der Waals surface area contributed by atoms with Crippen LogP contribution >= 0.6 is 7.82 Å². The van der Waals surface area contributed by atoms with Gasteiger partial charge >= 0.3 is 25.7 Å². The number of hydrogen-bond acceptors (Lipinski definition) is 9. The third kappa shape index (κ3) is 36.0. The lowest BCUT2D eigenvalue weighted by molar-refractivity contribution is -0.161. The molecule has 0 aliphatic rings. The van der Waals surface area contributed by atoms with E-state index in [2.05, 4.69) is 67.0 Å². The van der Waals surface area contributed by atoms with E-state index >= 15 is 0 Å². The van der Waals surface area contributed by atoms with E-state index in [-0.39, 0.29) is 19.4 Å². The van der Waals surface area contributed by atoms with Gasteiger partial charge in [0, 0.05) is 12.8 Å². The molecular weight excluding hydrogens is 697 g/mol. The molecule has 0 amide bonds. The van der Waals surface area contributed by atoms with Gasteiger partial charge in [0.2, 0.25) is 0 Å². The van der Waals surface area contributed by atoms with E-state index in [1.54, 1.807) is 0 Å². The summed E-state index contributed by atoms with van der Waals surface area (Å²) in [6.45, 7) is 2.60. The van der Waals surface area contributed by atoms with Crippen LogP contribution in [0.3, 0.4) is 0 Å². The highest BCUT2D eigenvalue weighted by Crippen LogP contribution is 2.43. The highest BCUT2D eigenvalue weighted by molar-refractivity contribution is 7.47. The van der Waals surface area contributed by atoms with Gasteiger partial charge in [0.15, 0.2) is 6.10 Å². The Morgan fingerprint density at radius 3 is 1.57 bits per heavy atom.